The number of nitriles is 1. The van der Waals surface area contributed by atoms with Crippen molar-refractivity contribution in [2.75, 3.05) is 5.32 Å². The summed E-state index contributed by atoms with van der Waals surface area (Å²) >= 11 is 0. The SMILES string of the molecule is Cc1c(C(=O)Nc2ccc3c(c2)C(c2ccccc2)=NC3)cc(C#N)n1C. The fraction of sp³-hybridized carbons (Fsp3) is 0.136. The van der Waals surface area contributed by atoms with E-state index in [9.17, 15) is 4.79 Å². The van der Waals surface area contributed by atoms with Gasteiger partial charge in [-0.15, -0.1) is 0 Å². The first-order valence-corrected chi connectivity index (χ1v) is 8.69. The number of benzene rings is 2. The second-order valence-corrected chi connectivity index (χ2v) is 6.56. The summed E-state index contributed by atoms with van der Waals surface area (Å²) in [6, 6.07) is 19.6. The molecule has 132 valence electrons. The fourth-order valence-electron chi connectivity index (χ4n) is 3.34. The van der Waals surface area contributed by atoms with Crippen molar-refractivity contribution in [3.05, 3.63) is 88.2 Å². The smallest absolute Gasteiger partial charge is 0.257 e. The molecule has 5 heteroatoms. The van der Waals surface area contributed by atoms with Gasteiger partial charge in [-0.3, -0.25) is 9.79 Å². The van der Waals surface area contributed by atoms with E-state index in [1.807, 2.05) is 55.5 Å². The van der Waals surface area contributed by atoms with Crippen LogP contribution in [0.15, 0.2) is 59.6 Å². The van der Waals surface area contributed by atoms with Gasteiger partial charge in [0.25, 0.3) is 5.91 Å². The summed E-state index contributed by atoms with van der Waals surface area (Å²) in [5.74, 6) is -0.222. The molecule has 0 saturated carbocycles. The largest absolute Gasteiger partial charge is 0.339 e. The van der Waals surface area contributed by atoms with Crippen LogP contribution in [0, 0.1) is 18.3 Å². The molecule has 1 aliphatic rings. The molecule has 5 nitrogen and oxygen atoms in total. The minimum Gasteiger partial charge on any atom is -0.339 e. The molecule has 0 bridgehead atoms. The molecule has 0 spiro atoms. The Balaban J connectivity index is 1.63. The first-order valence-electron chi connectivity index (χ1n) is 8.69. The minimum absolute atomic E-state index is 0.222. The van der Waals surface area contributed by atoms with Gasteiger partial charge in [0.1, 0.15) is 11.8 Å². The summed E-state index contributed by atoms with van der Waals surface area (Å²) in [4.78, 5) is 17.4. The van der Waals surface area contributed by atoms with Crippen molar-refractivity contribution in [1.82, 2.24) is 4.57 Å². The molecule has 2 aromatic carbocycles. The molecule has 1 aromatic heterocycles. The van der Waals surface area contributed by atoms with Gasteiger partial charge in [0.15, 0.2) is 0 Å². The zero-order valence-electron chi connectivity index (χ0n) is 15.2. The third kappa shape index (κ3) is 2.91. The fourth-order valence-corrected chi connectivity index (χ4v) is 3.34. The average Bonchev–Trinajstić information content (AvgIpc) is 3.23. The summed E-state index contributed by atoms with van der Waals surface area (Å²) in [6.07, 6.45) is 0. The number of aliphatic imine (C=N–C) groups is 1. The third-order valence-electron chi connectivity index (χ3n) is 4.97. The quantitative estimate of drug-likeness (QED) is 0.777. The van der Waals surface area contributed by atoms with Crippen molar-refractivity contribution in [1.29, 1.82) is 5.26 Å². The lowest BCUT2D eigenvalue weighted by atomic mass is 9.99. The molecule has 1 N–H and O–H groups in total. The maximum absolute atomic E-state index is 12.7. The lowest BCUT2D eigenvalue weighted by Crippen LogP contribution is -2.13. The number of carbonyl (C=O) groups excluding carboxylic acids is 1. The van der Waals surface area contributed by atoms with Gasteiger partial charge in [-0.2, -0.15) is 5.26 Å². The van der Waals surface area contributed by atoms with E-state index in [-0.39, 0.29) is 5.91 Å². The van der Waals surface area contributed by atoms with Gasteiger partial charge in [-0.1, -0.05) is 36.4 Å². The Kier molecular flexibility index (Phi) is 4.09. The van der Waals surface area contributed by atoms with E-state index >= 15 is 0 Å². The number of aromatic nitrogens is 1. The van der Waals surface area contributed by atoms with Gasteiger partial charge < -0.3 is 9.88 Å². The summed E-state index contributed by atoms with van der Waals surface area (Å²) in [6.45, 7) is 2.48. The molecule has 0 fully saturated rings. The van der Waals surface area contributed by atoms with Crippen LogP contribution in [0.3, 0.4) is 0 Å². The second kappa shape index (κ2) is 6.58. The van der Waals surface area contributed by atoms with Crippen molar-refractivity contribution in [3.8, 4) is 6.07 Å². The normalized spacial score (nSPS) is 12.3. The van der Waals surface area contributed by atoms with Crippen LogP contribution >= 0.6 is 0 Å². The number of anilines is 1. The Bertz CT molecular complexity index is 1120. The summed E-state index contributed by atoms with van der Waals surface area (Å²) in [5.41, 5.74) is 6.65. The predicted octanol–water partition coefficient (Wildman–Crippen LogP) is 3.81. The number of nitrogens with zero attached hydrogens (tertiary/aromatic N) is 3. The lowest BCUT2D eigenvalue weighted by molar-refractivity contribution is 0.102. The van der Waals surface area contributed by atoms with Crippen molar-refractivity contribution in [3.63, 3.8) is 0 Å². The maximum Gasteiger partial charge on any atom is 0.257 e. The number of carbonyl (C=O) groups is 1. The van der Waals surface area contributed by atoms with Crippen LogP contribution in [0.25, 0.3) is 0 Å². The third-order valence-corrected chi connectivity index (χ3v) is 4.97. The Morgan fingerprint density at radius 1 is 1.19 bits per heavy atom. The first kappa shape index (κ1) is 16.8. The molecule has 2 heterocycles. The van der Waals surface area contributed by atoms with Crippen LogP contribution in [0.2, 0.25) is 0 Å². The summed E-state index contributed by atoms with van der Waals surface area (Å²) in [5, 5.41) is 12.1. The average molecular weight is 354 g/mol. The van der Waals surface area contributed by atoms with Crippen molar-refractivity contribution >= 4 is 17.3 Å². The molecular weight excluding hydrogens is 336 g/mol. The molecule has 0 atom stereocenters. The van der Waals surface area contributed by atoms with Crippen LogP contribution in [-0.4, -0.2) is 16.2 Å². The highest BCUT2D eigenvalue weighted by molar-refractivity contribution is 6.16. The number of nitrogens with one attached hydrogen (secondary N) is 1. The van der Waals surface area contributed by atoms with Crippen molar-refractivity contribution < 1.29 is 4.79 Å². The molecule has 27 heavy (non-hydrogen) atoms. The maximum atomic E-state index is 12.7. The van der Waals surface area contributed by atoms with E-state index in [1.165, 1.54) is 0 Å². The Labute approximate surface area is 157 Å². The molecular formula is C22H18N4O. The standard InChI is InChI=1S/C22H18N4O/c1-14-19(11-18(12-23)26(14)2)22(27)25-17-9-8-16-13-24-21(20(16)10-17)15-6-4-3-5-7-15/h3-11H,13H2,1-2H3,(H,25,27). The molecule has 1 aliphatic heterocycles. The second-order valence-electron chi connectivity index (χ2n) is 6.56. The number of amides is 1. The molecule has 0 saturated heterocycles. The Hall–Kier alpha value is -3.65. The highest BCUT2D eigenvalue weighted by Crippen LogP contribution is 2.26. The van der Waals surface area contributed by atoms with Gasteiger partial charge in [0, 0.05) is 29.6 Å². The lowest BCUT2D eigenvalue weighted by Gasteiger charge is -2.09. The Morgan fingerprint density at radius 2 is 1.96 bits per heavy atom. The van der Waals surface area contributed by atoms with E-state index in [1.54, 1.807) is 17.7 Å². The van der Waals surface area contributed by atoms with E-state index < -0.39 is 0 Å². The number of hydrogen-bond donors (Lipinski definition) is 1. The zero-order valence-corrected chi connectivity index (χ0v) is 15.2. The van der Waals surface area contributed by atoms with Crippen LogP contribution in [0.1, 0.15) is 38.4 Å². The van der Waals surface area contributed by atoms with Crippen LogP contribution in [-0.2, 0) is 13.6 Å². The number of rotatable bonds is 3. The van der Waals surface area contributed by atoms with E-state index in [0.29, 0.717) is 23.5 Å². The number of fused-ring (bicyclic) bond motifs is 1. The van der Waals surface area contributed by atoms with E-state index in [2.05, 4.69) is 16.4 Å². The van der Waals surface area contributed by atoms with E-state index in [0.717, 1.165) is 28.1 Å². The minimum atomic E-state index is -0.222. The zero-order chi connectivity index (χ0) is 19.0. The van der Waals surface area contributed by atoms with Gasteiger partial charge in [-0.05, 0) is 30.7 Å². The Morgan fingerprint density at radius 3 is 2.67 bits per heavy atom. The number of hydrogen-bond acceptors (Lipinski definition) is 3. The molecule has 3 aromatic rings. The van der Waals surface area contributed by atoms with Gasteiger partial charge in [0.2, 0.25) is 0 Å². The van der Waals surface area contributed by atoms with Crippen LogP contribution in [0.5, 0.6) is 0 Å². The van der Waals surface area contributed by atoms with Crippen molar-refractivity contribution in [2.24, 2.45) is 12.0 Å². The van der Waals surface area contributed by atoms with Gasteiger partial charge in [0.05, 0.1) is 17.8 Å². The van der Waals surface area contributed by atoms with Crippen molar-refractivity contribution in [2.45, 2.75) is 13.5 Å². The highest BCUT2D eigenvalue weighted by Gasteiger charge is 2.20. The van der Waals surface area contributed by atoms with E-state index in [4.69, 9.17) is 5.26 Å². The topological polar surface area (TPSA) is 70.2 Å². The van der Waals surface area contributed by atoms with Crippen LogP contribution < -0.4 is 5.32 Å². The van der Waals surface area contributed by atoms with Gasteiger partial charge >= 0.3 is 0 Å². The first-order chi connectivity index (χ1) is 13.1. The molecule has 0 aliphatic carbocycles. The molecule has 1 amide bonds. The molecule has 0 radical (unpaired) electrons. The van der Waals surface area contributed by atoms with Crippen LogP contribution in [0.4, 0.5) is 5.69 Å². The highest BCUT2D eigenvalue weighted by atomic mass is 16.1. The molecule has 0 unspecified atom stereocenters. The summed E-state index contributed by atoms with van der Waals surface area (Å²) < 4.78 is 1.72. The monoisotopic (exact) mass is 354 g/mol. The predicted molar refractivity (Wildman–Crippen MR) is 105 cm³/mol. The van der Waals surface area contributed by atoms with Gasteiger partial charge in [-0.25, -0.2) is 0 Å². The summed E-state index contributed by atoms with van der Waals surface area (Å²) in [7, 11) is 1.78. The molecule has 4 rings (SSSR count).